The maximum absolute atomic E-state index is 11.9. The van der Waals surface area contributed by atoms with Crippen LogP contribution in [0.3, 0.4) is 0 Å². The minimum Gasteiger partial charge on any atom is -0.476 e. The van der Waals surface area contributed by atoms with Crippen molar-refractivity contribution >= 4 is 29.2 Å². The molecule has 134 valence electrons. The van der Waals surface area contributed by atoms with Crippen LogP contribution in [-0.4, -0.2) is 20.6 Å². The SMILES string of the molecule is CC(C)Cc1nc(C(=O)O)c(-c2cccc(Cl)c2)n1-c1cccc(Cl)c1. The number of aromatic carboxylic acids is 1. The summed E-state index contributed by atoms with van der Waals surface area (Å²) < 4.78 is 1.86. The lowest BCUT2D eigenvalue weighted by atomic mass is 10.1. The molecule has 0 amide bonds. The molecular weight excluding hydrogens is 371 g/mol. The monoisotopic (exact) mass is 388 g/mol. The van der Waals surface area contributed by atoms with Crippen molar-refractivity contribution in [3.8, 4) is 16.9 Å². The molecule has 1 heterocycles. The number of aromatic nitrogens is 2. The average Bonchev–Trinajstić information content (AvgIpc) is 2.93. The van der Waals surface area contributed by atoms with E-state index in [1.165, 1.54) is 0 Å². The molecule has 26 heavy (non-hydrogen) atoms. The van der Waals surface area contributed by atoms with Crippen LogP contribution in [0.15, 0.2) is 48.5 Å². The third-order valence-corrected chi connectivity index (χ3v) is 4.37. The topological polar surface area (TPSA) is 55.1 Å². The van der Waals surface area contributed by atoms with Crippen LogP contribution in [0, 0.1) is 5.92 Å². The molecule has 0 fully saturated rings. The molecule has 0 radical (unpaired) electrons. The van der Waals surface area contributed by atoms with Gasteiger partial charge in [0.2, 0.25) is 0 Å². The first kappa shape index (κ1) is 18.5. The first-order valence-electron chi connectivity index (χ1n) is 8.23. The van der Waals surface area contributed by atoms with E-state index in [-0.39, 0.29) is 5.69 Å². The number of hydrogen-bond acceptors (Lipinski definition) is 2. The molecule has 2 aromatic carbocycles. The van der Waals surface area contributed by atoms with E-state index < -0.39 is 5.97 Å². The first-order valence-corrected chi connectivity index (χ1v) is 8.99. The quantitative estimate of drug-likeness (QED) is 0.605. The standard InChI is InChI=1S/C20H18Cl2N2O2/c1-12(2)9-17-23-18(20(25)26)19(13-5-3-6-14(21)10-13)24(17)16-8-4-7-15(22)11-16/h3-8,10-12H,9H2,1-2H3,(H,25,26). The molecule has 0 bridgehead atoms. The Morgan fingerprint density at radius 1 is 1.12 bits per heavy atom. The van der Waals surface area contributed by atoms with Crippen LogP contribution in [0.25, 0.3) is 16.9 Å². The summed E-state index contributed by atoms with van der Waals surface area (Å²) in [5.74, 6) is -0.0930. The number of hydrogen-bond donors (Lipinski definition) is 1. The van der Waals surface area contributed by atoms with Gasteiger partial charge in [-0.2, -0.15) is 0 Å². The Labute approximate surface area is 162 Å². The summed E-state index contributed by atoms with van der Waals surface area (Å²) in [7, 11) is 0. The Morgan fingerprint density at radius 2 is 1.77 bits per heavy atom. The number of carbonyl (C=O) groups is 1. The highest BCUT2D eigenvalue weighted by Crippen LogP contribution is 2.32. The lowest BCUT2D eigenvalue weighted by molar-refractivity contribution is 0.0691. The highest BCUT2D eigenvalue weighted by Gasteiger charge is 2.25. The zero-order chi connectivity index (χ0) is 18.8. The summed E-state index contributed by atoms with van der Waals surface area (Å²) in [5, 5.41) is 10.8. The number of carboxylic acid groups (broad SMARTS) is 1. The first-order chi connectivity index (χ1) is 12.4. The molecule has 1 aromatic heterocycles. The Morgan fingerprint density at radius 3 is 2.35 bits per heavy atom. The largest absolute Gasteiger partial charge is 0.476 e. The van der Waals surface area contributed by atoms with Crippen molar-refractivity contribution in [3.63, 3.8) is 0 Å². The fourth-order valence-corrected chi connectivity index (χ4v) is 3.29. The van der Waals surface area contributed by atoms with Crippen molar-refractivity contribution in [1.82, 2.24) is 9.55 Å². The van der Waals surface area contributed by atoms with Crippen molar-refractivity contribution < 1.29 is 9.90 Å². The summed E-state index contributed by atoms with van der Waals surface area (Å²) in [6.07, 6.45) is 0.632. The maximum atomic E-state index is 11.9. The molecule has 0 unspecified atom stereocenters. The van der Waals surface area contributed by atoms with Gasteiger partial charge < -0.3 is 5.11 Å². The number of imidazole rings is 1. The summed E-state index contributed by atoms with van der Waals surface area (Å²) >= 11 is 12.3. The fourth-order valence-electron chi connectivity index (χ4n) is 2.91. The predicted octanol–water partition coefficient (Wildman–Crippen LogP) is 5.74. The van der Waals surface area contributed by atoms with E-state index in [1.807, 2.05) is 22.8 Å². The minimum absolute atomic E-state index is 0.00268. The van der Waals surface area contributed by atoms with Crippen LogP contribution >= 0.6 is 23.2 Å². The second kappa shape index (κ2) is 7.52. The molecule has 0 aliphatic carbocycles. The van der Waals surface area contributed by atoms with E-state index in [1.54, 1.807) is 30.3 Å². The van der Waals surface area contributed by atoms with E-state index in [2.05, 4.69) is 18.8 Å². The maximum Gasteiger partial charge on any atom is 0.356 e. The minimum atomic E-state index is -1.08. The molecule has 0 aliphatic heterocycles. The summed E-state index contributed by atoms with van der Waals surface area (Å²) in [5.41, 5.74) is 1.96. The molecule has 0 saturated carbocycles. The van der Waals surface area contributed by atoms with Crippen LogP contribution in [0.1, 0.15) is 30.2 Å². The second-order valence-electron chi connectivity index (χ2n) is 6.45. The van der Waals surface area contributed by atoms with Crippen LogP contribution in [0.2, 0.25) is 10.0 Å². The second-order valence-corrected chi connectivity index (χ2v) is 7.33. The fraction of sp³-hybridized carbons (Fsp3) is 0.200. The zero-order valence-electron chi connectivity index (χ0n) is 14.4. The predicted molar refractivity (Wildman–Crippen MR) is 105 cm³/mol. The van der Waals surface area contributed by atoms with Gasteiger partial charge in [-0.1, -0.05) is 55.2 Å². The van der Waals surface area contributed by atoms with Crippen molar-refractivity contribution in [3.05, 3.63) is 70.1 Å². The van der Waals surface area contributed by atoms with Crippen LogP contribution in [0.5, 0.6) is 0 Å². The molecule has 1 N–H and O–H groups in total. The molecular formula is C20H18Cl2N2O2. The van der Waals surface area contributed by atoms with Gasteiger partial charge in [-0.3, -0.25) is 4.57 Å². The van der Waals surface area contributed by atoms with Gasteiger partial charge in [0.1, 0.15) is 5.82 Å². The molecule has 0 atom stereocenters. The van der Waals surface area contributed by atoms with Gasteiger partial charge in [0.05, 0.1) is 5.69 Å². The summed E-state index contributed by atoms with van der Waals surface area (Å²) in [6.45, 7) is 4.13. The van der Waals surface area contributed by atoms with Gasteiger partial charge in [-0.15, -0.1) is 0 Å². The van der Waals surface area contributed by atoms with Gasteiger partial charge in [0, 0.05) is 27.7 Å². The Bertz CT molecular complexity index is 964. The number of benzene rings is 2. The Hall–Kier alpha value is -2.30. The van der Waals surface area contributed by atoms with E-state index in [0.717, 1.165) is 5.69 Å². The number of nitrogens with zero attached hydrogens (tertiary/aromatic N) is 2. The molecule has 6 heteroatoms. The normalized spacial score (nSPS) is 11.1. The smallest absolute Gasteiger partial charge is 0.356 e. The van der Waals surface area contributed by atoms with E-state index >= 15 is 0 Å². The van der Waals surface area contributed by atoms with E-state index in [9.17, 15) is 9.90 Å². The summed E-state index contributed by atoms with van der Waals surface area (Å²) in [4.78, 5) is 16.3. The molecule has 0 spiro atoms. The van der Waals surface area contributed by atoms with E-state index in [4.69, 9.17) is 23.2 Å². The van der Waals surface area contributed by atoms with Crippen LogP contribution < -0.4 is 0 Å². The third-order valence-electron chi connectivity index (χ3n) is 3.90. The number of carboxylic acids is 1. The van der Waals surface area contributed by atoms with E-state index in [0.29, 0.717) is 39.5 Å². The highest BCUT2D eigenvalue weighted by atomic mass is 35.5. The zero-order valence-corrected chi connectivity index (χ0v) is 15.9. The van der Waals surface area contributed by atoms with Crippen molar-refractivity contribution in [2.24, 2.45) is 5.92 Å². The van der Waals surface area contributed by atoms with Gasteiger partial charge >= 0.3 is 5.97 Å². The van der Waals surface area contributed by atoms with Crippen LogP contribution in [-0.2, 0) is 6.42 Å². The van der Waals surface area contributed by atoms with Gasteiger partial charge in [0.25, 0.3) is 0 Å². The molecule has 4 nitrogen and oxygen atoms in total. The number of halogens is 2. The molecule has 0 saturated heterocycles. The van der Waals surface area contributed by atoms with Crippen molar-refractivity contribution in [2.45, 2.75) is 20.3 Å². The highest BCUT2D eigenvalue weighted by molar-refractivity contribution is 6.31. The van der Waals surface area contributed by atoms with Gasteiger partial charge in [0.15, 0.2) is 5.69 Å². The van der Waals surface area contributed by atoms with Crippen molar-refractivity contribution in [2.75, 3.05) is 0 Å². The Balaban J connectivity index is 2.35. The van der Waals surface area contributed by atoms with Crippen molar-refractivity contribution in [1.29, 1.82) is 0 Å². The molecule has 0 aliphatic rings. The average molecular weight is 389 g/mol. The van der Waals surface area contributed by atoms with Gasteiger partial charge in [-0.05, 0) is 36.2 Å². The third kappa shape index (κ3) is 3.76. The van der Waals surface area contributed by atoms with Crippen LogP contribution in [0.4, 0.5) is 0 Å². The lowest BCUT2D eigenvalue weighted by Crippen LogP contribution is -2.06. The summed E-state index contributed by atoms with van der Waals surface area (Å²) in [6, 6.07) is 14.4. The lowest BCUT2D eigenvalue weighted by Gasteiger charge is -2.14. The Kier molecular flexibility index (Phi) is 5.35. The number of rotatable bonds is 5. The van der Waals surface area contributed by atoms with Gasteiger partial charge in [-0.25, -0.2) is 9.78 Å². The molecule has 3 aromatic rings. The molecule has 3 rings (SSSR count).